The molecular formula is C32H46N4O6S2. The molecule has 0 bridgehead atoms. The summed E-state index contributed by atoms with van der Waals surface area (Å²) >= 11 is 0. The van der Waals surface area contributed by atoms with E-state index in [-0.39, 0.29) is 11.8 Å². The number of anilines is 1. The molecule has 0 atom stereocenters. The third-order valence-electron chi connectivity index (χ3n) is 9.22. The SMILES string of the molecule is CS(=O)(=O)N1CCC(C(=O)N(CCCN2CCC(Cc3ccc(S(=O)(=O)N4CCOCC4)cc3)CC2)c2ccccc2)CC1. The van der Waals surface area contributed by atoms with Gasteiger partial charge in [-0.3, -0.25) is 4.79 Å². The van der Waals surface area contributed by atoms with E-state index in [1.54, 1.807) is 12.1 Å². The summed E-state index contributed by atoms with van der Waals surface area (Å²) in [6.07, 6.45) is 6.33. The van der Waals surface area contributed by atoms with E-state index in [1.807, 2.05) is 47.4 Å². The Balaban J connectivity index is 1.08. The van der Waals surface area contributed by atoms with E-state index in [9.17, 15) is 21.6 Å². The fourth-order valence-electron chi connectivity index (χ4n) is 6.56. The second-order valence-electron chi connectivity index (χ2n) is 12.3. The molecule has 3 aliphatic heterocycles. The maximum atomic E-state index is 13.6. The molecule has 0 aliphatic carbocycles. The Bertz CT molecular complexity index is 1430. The first kappa shape index (κ1) is 33.0. The van der Waals surface area contributed by atoms with Gasteiger partial charge in [-0.15, -0.1) is 0 Å². The van der Waals surface area contributed by atoms with Gasteiger partial charge in [0.1, 0.15) is 0 Å². The fraction of sp³-hybridized carbons (Fsp3) is 0.594. The van der Waals surface area contributed by atoms with E-state index in [1.165, 1.54) is 20.4 Å². The van der Waals surface area contributed by atoms with E-state index >= 15 is 0 Å². The first-order chi connectivity index (χ1) is 21.1. The van der Waals surface area contributed by atoms with Crippen molar-refractivity contribution in [2.45, 2.75) is 43.4 Å². The Morgan fingerprint density at radius 2 is 1.45 bits per heavy atom. The molecule has 2 aromatic rings. The molecule has 44 heavy (non-hydrogen) atoms. The Hall–Kier alpha value is -2.35. The van der Waals surface area contributed by atoms with Crippen molar-refractivity contribution < 1.29 is 26.4 Å². The minimum absolute atomic E-state index is 0.0897. The van der Waals surface area contributed by atoms with Gasteiger partial charge in [-0.05, 0) is 93.9 Å². The molecule has 0 aromatic heterocycles. The van der Waals surface area contributed by atoms with Crippen molar-refractivity contribution in [2.24, 2.45) is 11.8 Å². The Morgan fingerprint density at radius 1 is 0.818 bits per heavy atom. The lowest BCUT2D eigenvalue weighted by Crippen LogP contribution is -2.45. The topological polar surface area (TPSA) is 108 Å². The molecule has 3 saturated heterocycles. The molecule has 3 heterocycles. The Labute approximate surface area is 263 Å². The van der Waals surface area contributed by atoms with Crippen molar-refractivity contribution in [3.8, 4) is 0 Å². The van der Waals surface area contributed by atoms with Crippen molar-refractivity contribution in [1.29, 1.82) is 0 Å². The summed E-state index contributed by atoms with van der Waals surface area (Å²) in [6.45, 7) is 6.04. The van der Waals surface area contributed by atoms with E-state index in [0.717, 1.165) is 51.0 Å². The fourth-order valence-corrected chi connectivity index (χ4v) is 8.84. The first-order valence-corrected chi connectivity index (χ1v) is 19.1. The number of sulfonamides is 2. The van der Waals surface area contributed by atoms with Crippen LogP contribution in [0.1, 0.15) is 37.7 Å². The number of amides is 1. The number of para-hydroxylation sites is 1. The van der Waals surface area contributed by atoms with Crippen molar-refractivity contribution in [3.63, 3.8) is 0 Å². The van der Waals surface area contributed by atoms with Crippen molar-refractivity contribution in [2.75, 3.05) is 76.7 Å². The molecule has 10 nitrogen and oxygen atoms in total. The average Bonchev–Trinajstić information content (AvgIpc) is 3.04. The van der Waals surface area contributed by atoms with Crippen LogP contribution in [0.3, 0.4) is 0 Å². The summed E-state index contributed by atoms with van der Waals surface area (Å²) in [5.41, 5.74) is 2.06. The number of rotatable bonds is 11. The van der Waals surface area contributed by atoms with Gasteiger partial charge < -0.3 is 14.5 Å². The van der Waals surface area contributed by atoms with Crippen molar-refractivity contribution in [1.82, 2.24) is 13.5 Å². The molecule has 3 fully saturated rings. The van der Waals surface area contributed by atoms with Crippen LogP contribution in [0, 0.1) is 11.8 Å². The molecule has 3 aliphatic rings. The monoisotopic (exact) mass is 646 g/mol. The van der Waals surface area contributed by atoms with E-state index in [4.69, 9.17) is 4.74 Å². The number of piperidine rings is 2. The van der Waals surface area contributed by atoms with Crippen LogP contribution in [-0.2, 0) is 36.0 Å². The molecule has 0 unspecified atom stereocenters. The second-order valence-corrected chi connectivity index (χ2v) is 16.2. The smallest absolute Gasteiger partial charge is 0.243 e. The van der Waals surface area contributed by atoms with Crippen LogP contribution in [0.25, 0.3) is 0 Å². The number of morpholine rings is 1. The van der Waals surface area contributed by atoms with E-state index in [0.29, 0.717) is 69.6 Å². The number of likely N-dealkylation sites (tertiary alicyclic amines) is 1. The molecule has 0 N–H and O–H groups in total. The third-order valence-corrected chi connectivity index (χ3v) is 12.4. The summed E-state index contributed by atoms with van der Waals surface area (Å²) in [6, 6.07) is 17.2. The average molecular weight is 647 g/mol. The number of carbonyl (C=O) groups is 1. The zero-order valence-electron chi connectivity index (χ0n) is 25.7. The van der Waals surface area contributed by atoms with Crippen LogP contribution in [0.15, 0.2) is 59.5 Å². The van der Waals surface area contributed by atoms with Crippen LogP contribution in [-0.4, -0.2) is 108 Å². The predicted molar refractivity (Wildman–Crippen MR) is 171 cm³/mol. The van der Waals surface area contributed by atoms with Crippen LogP contribution >= 0.6 is 0 Å². The highest BCUT2D eigenvalue weighted by atomic mass is 32.2. The molecule has 1 amide bonds. The number of nitrogens with zero attached hydrogens (tertiary/aromatic N) is 4. The lowest BCUT2D eigenvalue weighted by Gasteiger charge is -2.34. The highest BCUT2D eigenvalue weighted by Crippen LogP contribution is 2.26. The third kappa shape index (κ3) is 8.46. The maximum absolute atomic E-state index is 13.6. The predicted octanol–water partition coefficient (Wildman–Crippen LogP) is 3.06. The minimum atomic E-state index is -3.47. The molecule has 2 aromatic carbocycles. The van der Waals surface area contributed by atoms with Crippen LogP contribution in [0.2, 0.25) is 0 Å². The number of hydrogen-bond acceptors (Lipinski definition) is 7. The van der Waals surface area contributed by atoms with Crippen LogP contribution in [0.4, 0.5) is 5.69 Å². The molecule has 0 spiro atoms. The number of carbonyl (C=O) groups excluding carboxylic acids is 1. The zero-order valence-corrected chi connectivity index (χ0v) is 27.4. The number of hydrogen-bond donors (Lipinski definition) is 0. The maximum Gasteiger partial charge on any atom is 0.243 e. The summed E-state index contributed by atoms with van der Waals surface area (Å²) in [5.74, 6) is 0.484. The molecule has 0 radical (unpaired) electrons. The standard InChI is InChI=1S/C32H46N4O6S2/c1-43(38,39)34-20-14-29(15-21-34)32(37)36(30-6-3-2-4-7-30)17-5-16-33-18-12-28(13-19-33)26-27-8-10-31(11-9-27)44(40,41)35-22-24-42-25-23-35/h2-4,6-11,28-29H,5,12-26H2,1H3. The number of ether oxygens (including phenoxy) is 1. The zero-order chi connectivity index (χ0) is 31.2. The van der Waals surface area contributed by atoms with E-state index < -0.39 is 20.0 Å². The van der Waals surface area contributed by atoms with Crippen molar-refractivity contribution in [3.05, 3.63) is 60.2 Å². The lowest BCUT2D eigenvalue weighted by molar-refractivity contribution is -0.123. The van der Waals surface area contributed by atoms with Gasteiger partial charge in [0.25, 0.3) is 0 Å². The summed E-state index contributed by atoms with van der Waals surface area (Å²) < 4.78 is 57.9. The largest absolute Gasteiger partial charge is 0.379 e. The van der Waals surface area contributed by atoms with E-state index in [2.05, 4.69) is 4.90 Å². The normalized spacial score (nSPS) is 20.5. The van der Waals surface area contributed by atoms with Gasteiger partial charge in [0.2, 0.25) is 26.0 Å². The number of benzene rings is 2. The van der Waals surface area contributed by atoms with Gasteiger partial charge in [0, 0.05) is 44.3 Å². The summed E-state index contributed by atoms with van der Waals surface area (Å²) in [7, 11) is -6.70. The van der Waals surface area contributed by atoms with Crippen molar-refractivity contribution >= 4 is 31.6 Å². The highest BCUT2D eigenvalue weighted by molar-refractivity contribution is 7.89. The Kier molecular flexibility index (Phi) is 11.1. The van der Waals surface area contributed by atoms with Gasteiger partial charge in [-0.2, -0.15) is 4.31 Å². The van der Waals surface area contributed by atoms with Gasteiger partial charge in [0.05, 0.1) is 24.4 Å². The highest BCUT2D eigenvalue weighted by Gasteiger charge is 2.32. The lowest BCUT2D eigenvalue weighted by atomic mass is 9.90. The molecule has 5 rings (SSSR count). The van der Waals surface area contributed by atoms with Gasteiger partial charge in [-0.1, -0.05) is 30.3 Å². The molecule has 12 heteroatoms. The minimum Gasteiger partial charge on any atom is -0.379 e. The van der Waals surface area contributed by atoms with Gasteiger partial charge in [-0.25, -0.2) is 21.1 Å². The molecule has 0 saturated carbocycles. The molecule has 242 valence electrons. The van der Waals surface area contributed by atoms with Crippen LogP contribution < -0.4 is 4.90 Å². The second kappa shape index (κ2) is 14.8. The summed E-state index contributed by atoms with van der Waals surface area (Å²) in [4.78, 5) is 18.3. The molecular weight excluding hydrogens is 601 g/mol. The van der Waals surface area contributed by atoms with Crippen LogP contribution in [0.5, 0.6) is 0 Å². The Morgan fingerprint density at radius 3 is 2.07 bits per heavy atom. The van der Waals surface area contributed by atoms with Gasteiger partial charge >= 0.3 is 0 Å². The quantitative estimate of drug-likeness (QED) is 0.370. The first-order valence-electron chi connectivity index (χ1n) is 15.8. The summed E-state index contributed by atoms with van der Waals surface area (Å²) in [5, 5.41) is 0. The van der Waals surface area contributed by atoms with Gasteiger partial charge in [0.15, 0.2) is 0 Å².